The maximum Gasteiger partial charge on any atom is 0.350 e. The van der Waals surface area contributed by atoms with Gasteiger partial charge >= 0.3 is 11.6 Å². The zero-order chi connectivity index (χ0) is 19.3. The summed E-state index contributed by atoms with van der Waals surface area (Å²) in [6.45, 7) is 5.39. The number of aryl methyl sites for hydroxylation is 3. The van der Waals surface area contributed by atoms with Gasteiger partial charge in [0.25, 0.3) is 0 Å². The van der Waals surface area contributed by atoms with Crippen molar-refractivity contribution in [2.24, 2.45) is 0 Å². The van der Waals surface area contributed by atoms with Crippen LogP contribution in [0, 0.1) is 24.0 Å². The number of ether oxygens (including phenoxy) is 1. The Hall–Kier alpha value is -2.43. The molecular weight excluding hydrogens is 408 g/mol. The highest BCUT2D eigenvalue weighted by Gasteiger charge is 2.20. The summed E-state index contributed by atoms with van der Waals surface area (Å²) in [4.78, 5) is 22.2. The van der Waals surface area contributed by atoms with Gasteiger partial charge in [0.1, 0.15) is 6.20 Å². The highest BCUT2D eigenvalue weighted by Crippen LogP contribution is 2.24. The van der Waals surface area contributed by atoms with Crippen LogP contribution in [-0.4, -0.2) is 44.0 Å². The van der Waals surface area contributed by atoms with Crippen LogP contribution in [0.2, 0.25) is 0 Å². The predicted molar refractivity (Wildman–Crippen MR) is 97.1 cm³/mol. The van der Waals surface area contributed by atoms with Crippen LogP contribution >= 0.6 is 15.9 Å². The Bertz CT molecular complexity index is 800. The quantitative estimate of drug-likeness (QED) is 0.370. The first-order valence-corrected chi connectivity index (χ1v) is 8.84. The van der Waals surface area contributed by atoms with Gasteiger partial charge in [-0.2, -0.15) is 5.10 Å². The first-order chi connectivity index (χ1) is 12.3. The van der Waals surface area contributed by atoms with Gasteiger partial charge in [-0.15, -0.1) is 5.10 Å². The van der Waals surface area contributed by atoms with Gasteiger partial charge in [-0.25, -0.2) is 0 Å². The van der Waals surface area contributed by atoms with Crippen molar-refractivity contribution in [1.29, 1.82) is 0 Å². The number of hydrogen-bond acceptors (Lipinski definition) is 6. The van der Waals surface area contributed by atoms with Crippen molar-refractivity contribution in [2.75, 3.05) is 13.7 Å². The molecule has 0 aliphatic rings. The van der Waals surface area contributed by atoms with Crippen LogP contribution in [-0.2, 0) is 17.9 Å². The second kappa shape index (κ2) is 8.79. The first-order valence-electron chi connectivity index (χ1n) is 8.05. The van der Waals surface area contributed by atoms with Crippen molar-refractivity contribution in [1.82, 2.24) is 24.9 Å². The fourth-order valence-corrected chi connectivity index (χ4v) is 2.72. The second-order valence-electron chi connectivity index (χ2n) is 5.71. The summed E-state index contributed by atoms with van der Waals surface area (Å²) >= 11 is 3.48. The molecule has 1 amide bonds. The monoisotopic (exact) mass is 428 g/mol. The minimum atomic E-state index is -0.570. The number of rotatable bonds is 9. The number of carbonyl (C=O) groups is 1. The largest absolute Gasteiger partial charge is 0.475 e. The topological polar surface area (TPSA) is 117 Å². The van der Waals surface area contributed by atoms with E-state index in [0.29, 0.717) is 13.1 Å². The summed E-state index contributed by atoms with van der Waals surface area (Å²) < 4.78 is 9.10. The van der Waals surface area contributed by atoms with E-state index in [1.807, 2.05) is 18.5 Å². The second-order valence-corrected chi connectivity index (χ2v) is 6.50. The highest BCUT2D eigenvalue weighted by atomic mass is 79.9. The van der Waals surface area contributed by atoms with E-state index in [4.69, 9.17) is 4.74 Å². The Kier molecular flexibility index (Phi) is 6.72. The fraction of sp³-hybridized carbons (Fsp3) is 0.533. The Morgan fingerprint density at radius 2 is 2.12 bits per heavy atom. The summed E-state index contributed by atoms with van der Waals surface area (Å²) in [5.41, 5.74) is 1.78. The van der Waals surface area contributed by atoms with Gasteiger partial charge in [0.05, 0.1) is 28.7 Å². The summed E-state index contributed by atoms with van der Waals surface area (Å²) in [5.74, 6) is -0.205. The number of nitrogens with zero attached hydrogens (tertiary/aromatic N) is 5. The molecule has 1 N–H and O–H groups in total. The lowest BCUT2D eigenvalue weighted by Crippen LogP contribution is -2.26. The first kappa shape index (κ1) is 19.9. The van der Waals surface area contributed by atoms with E-state index in [-0.39, 0.29) is 30.4 Å². The predicted octanol–water partition coefficient (Wildman–Crippen LogP) is 1.97. The van der Waals surface area contributed by atoms with Gasteiger partial charge in [0.2, 0.25) is 5.91 Å². The third-order valence-electron chi connectivity index (χ3n) is 3.83. The maximum absolute atomic E-state index is 11.9. The van der Waals surface area contributed by atoms with E-state index in [2.05, 4.69) is 31.4 Å². The molecule has 0 spiro atoms. The molecule has 10 nitrogen and oxygen atoms in total. The molecule has 0 aliphatic carbocycles. The Labute approximate surface area is 158 Å². The third-order valence-corrected chi connectivity index (χ3v) is 4.98. The van der Waals surface area contributed by atoms with Crippen molar-refractivity contribution < 1.29 is 14.5 Å². The van der Waals surface area contributed by atoms with E-state index < -0.39 is 4.92 Å². The van der Waals surface area contributed by atoms with Crippen LogP contribution < -0.4 is 10.1 Å². The Balaban J connectivity index is 1.74. The van der Waals surface area contributed by atoms with Crippen LogP contribution in [0.25, 0.3) is 0 Å². The van der Waals surface area contributed by atoms with E-state index in [1.54, 1.807) is 0 Å². The molecule has 2 rings (SSSR count). The number of aromatic nitrogens is 4. The molecule has 0 atom stereocenters. The maximum atomic E-state index is 11.9. The SMILES string of the molecule is COc1nn(CCC(=O)NCCCn2nc(C)c(Br)c2C)cc1[N+](=O)[O-]. The van der Waals surface area contributed by atoms with E-state index in [1.165, 1.54) is 18.0 Å². The third kappa shape index (κ3) is 4.81. The Morgan fingerprint density at radius 3 is 2.65 bits per heavy atom. The molecule has 0 unspecified atom stereocenters. The molecule has 2 aromatic rings. The molecule has 11 heteroatoms. The number of carbonyl (C=O) groups excluding carboxylic acids is 1. The lowest BCUT2D eigenvalue weighted by molar-refractivity contribution is -0.385. The van der Waals surface area contributed by atoms with Crippen LogP contribution in [0.4, 0.5) is 5.69 Å². The molecule has 0 aromatic carbocycles. The summed E-state index contributed by atoms with van der Waals surface area (Å²) in [6, 6.07) is 0. The molecular formula is C15H21BrN6O4. The van der Waals surface area contributed by atoms with Crippen LogP contribution in [0.5, 0.6) is 5.88 Å². The van der Waals surface area contributed by atoms with Crippen molar-refractivity contribution in [2.45, 2.75) is 39.8 Å². The number of hydrogen-bond donors (Lipinski definition) is 1. The van der Waals surface area contributed by atoms with Crippen molar-refractivity contribution in [3.8, 4) is 5.88 Å². The number of halogens is 1. The van der Waals surface area contributed by atoms with E-state index in [9.17, 15) is 14.9 Å². The molecule has 0 fully saturated rings. The zero-order valence-corrected chi connectivity index (χ0v) is 16.4. The average molecular weight is 429 g/mol. The highest BCUT2D eigenvalue weighted by molar-refractivity contribution is 9.10. The molecule has 0 aliphatic heterocycles. The van der Waals surface area contributed by atoms with Crippen molar-refractivity contribution >= 4 is 27.5 Å². The summed E-state index contributed by atoms with van der Waals surface area (Å²) in [5, 5.41) is 22.0. The Morgan fingerprint density at radius 1 is 1.38 bits per heavy atom. The number of amides is 1. The minimum absolute atomic E-state index is 0.0635. The number of nitrogens with one attached hydrogen (secondary N) is 1. The van der Waals surface area contributed by atoms with Gasteiger partial charge in [-0.3, -0.25) is 24.3 Å². The normalized spacial score (nSPS) is 10.8. The van der Waals surface area contributed by atoms with Gasteiger partial charge in [-0.1, -0.05) is 0 Å². The molecule has 26 heavy (non-hydrogen) atoms. The standard InChI is InChI=1S/C15H21BrN6O4/c1-10-14(16)11(2)21(18-10)7-4-6-17-13(23)5-8-20-9-12(22(24)25)15(19-20)26-3/h9H,4-8H2,1-3H3,(H,17,23). The molecule has 0 saturated carbocycles. The minimum Gasteiger partial charge on any atom is -0.475 e. The van der Waals surface area contributed by atoms with Gasteiger partial charge in [-0.05, 0) is 36.2 Å². The van der Waals surface area contributed by atoms with E-state index in [0.717, 1.165) is 22.3 Å². The van der Waals surface area contributed by atoms with Crippen molar-refractivity contribution in [3.05, 3.63) is 32.2 Å². The lowest BCUT2D eigenvalue weighted by atomic mass is 10.3. The van der Waals surface area contributed by atoms with Gasteiger partial charge < -0.3 is 10.1 Å². The summed E-state index contributed by atoms with van der Waals surface area (Å²) in [6.07, 6.45) is 2.18. The number of nitro groups is 1. The smallest absolute Gasteiger partial charge is 0.350 e. The van der Waals surface area contributed by atoms with Gasteiger partial charge in [0.15, 0.2) is 0 Å². The van der Waals surface area contributed by atoms with E-state index >= 15 is 0 Å². The fourth-order valence-electron chi connectivity index (χ4n) is 2.43. The molecule has 2 heterocycles. The van der Waals surface area contributed by atoms with Gasteiger partial charge in [0, 0.05) is 25.2 Å². The van der Waals surface area contributed by atoms with Crippen molar-refractivity contribution in [3.63, 3.8) is 0 Å². The average Bonchev–Trinajstić information content (AvgIpc) is 3.14. The molecule has 0 bridgehead atoms. The lowest BCUT2D eigenvalue weighted by Gasteiger charge is -2.07. The number of methoxy groups -OCH3 is 1. The van der Waals surface area contributed by atoms with Crippen LogP contribution in [0.1, 0.15) is 24.2 Å². The molecule has 2 aromatic heterocycles. The molecule has 0 saturated heterocycles. The van der Waals surface area contributed by atoms with Crippen LogP contribution in [0.3, 0.4) is 0 Å². The zero-order valence-electron chi connectivity index (χ0n) is 14.9. The van der Waals surface area contributed by atoms with Crippen LogP contribution in [0.15, 0.2) is 10.7 Å². The molecule has 0 radical (unpaired) electrons. The summed E-state index contributed by atoms with van der Waals surface area (Å²) in [7, 11) is 1.31. The molecule has 142 valence electrons.